The van der Waals surface area contributed by atoms with Crippen LogP contribution in [-0.4, -0.2) is 11.2 Å². The number of benzene rings is 1. The van der Waals surface area contributed by atoms with Gasteiger partial charge in [0.05, 0.1) is 6.10 Å². The highest BCUT2D eigenvalue weighted by Crippen LogP contribution is 2.35. The molecular weight excluding hydrogens is 246 g/mol. The molecule has 0 heterocycles. The van der Waals surface area contributed by atoms with Crippen LogP contribution in [0, 0.1) is 29.4 Å². The molecule has 0 spiro atoms. The lowest BCUT2D eigenvalue weighted by Crippen LogP contribution is -2.30. The lowest BCUT2D eigenvalue weighted by molar-refractivity contribution is 0.0570. The Hall–Kier alpha value is -0.960. The van der Waals surface area contributed by atoms with Crippen molar-refractivity contribution in [1.82, 2.24) is 0 Å². The van der Waals surface area contributed by atoms with Crippen molar-refractivity contribution in [3.8, 4) is 0 Å². The summed E-state index contributed by atoms with van der Waals surface area (Å²) in [6.45, 7) is 4.48. The summed E-state index contributed by atoms with van der Waals surface area (Å²) in [6, 6.07) is 3.87. The molecule has 4 atom stereocenters. The molecule has 1 fully saturated rings. The minimum absolute atomic E-state index is 0.277. The third-order valence-electron chi connectivity index (χ3n) is 4.61. The van der Waals surface area contributed by atoms with Gasteiger partial charge in [-0.2, -0.15) is 0 Å². The number of hydrogen-bond acceptors (Lipinski definition) is 1. The predicted molar refractivity (Wildman–Crippen MR) is 71.7 cm³/mol. The van der Waals surface area contributed by atoms with Gasteiger partial charge in [-0.25, -0.2) is 8.78 Å². The quantitative estimate of drug-likeness (QED) is 0.880. The molecule has 1 aliphatic carbocycles. The molecule has 2 rings (SSSR count). The number of rotatable bonds is 3. The maximum atomic E-state index is 13.1. The Morgan fingerprint density at radius 3 is 2.53 bits per heavy atom. The molecule has 0 radical (unpaired) electrons. The van der Waals surface area contributed by atoms with Crippen LogP contribution in [0.15, 0.2) is 18.2 Å². The Balaban J connectivity index is 1.97. The zero-order valence-corrected chi connectivity index (χ0v) is 11.6. The van der Waals surface area contributed by atoms with Crippen LogP contribution in [-0.2, 0) is 6.42 Å². The van der Waals surface area contributed by atoms with Gasteiger partial charge in [-0.1, -0.05) is 26.3 Å². The zero-order chi connectivity index (χ0) is 14.0. The van der Waals surface area contributed by atoms with E-state index in [-0.39, 0.29) is 5.92 Å². The van der Waals surface area contributed by atoms with Crippen molar-refractivity contribution in [3.63, 3.8) is 0 Å². The Kier molecular flexibility index (Phi) is 4.56. The lowest BCUT2D eigenvalue weighted by Gasteiger charge is -2.34. The van der Waals surface area contributed by atoms with Gasteiger partial charge in [0, 0.05) is 0 Å². The summed E-state index contributed by atoms with van der Waals surface area (Å²) in [7, 11) is 0. The lowest BCUT2D eigenvalue weighted by atomic mass is 9.73. The number of hydrogen-bond donors (Lipinski definition) is 1. The molecule has 0 bridgehead atoms. The first-order valence-electron chi connectivity index (χ1n) is 7.09. The van der Waals surface area contributed by atoms with E-state index >= 15 is 0 Å². The number of aliphatic hydroxyl groups is 1. The van der Waals surface area contributed by atoms with Crippen LogP contribution in [0.3, 0.4) is 0 Å². The summed E-state index contributed by atoms with van der Waals surface area (Å²) in [6.07, 6.45) is 3.13. The van der Waals surface area contributed by atoms with Gasteiger partial charge >= 0.3 is 0 Å². The maximum absolute atomic E-state index is 13.1. The van der Waals surface area contributed by atoms with Gasteiger partial charge in [0.15, 0.2) is 11.6 Å². The third-order valence-corrected chi connectivity index (χ3v) is 4.61. The van der Waals surface area contributed by atoms with Crippen molar-refractivity contribution in [2.24, 2.45) is 17.8 Å². The minimum atomic E-state index is -0.838. The van der Waals surface area contributed by atoms with Crippen molar-refractivity contribution < 1.29 is 13.9 Å². The Morgan fingerprint density at radius 1 is 1.16 bits per heavy atom. The van der Waals surface area contributed by atoms with Gasteiger partial charge in [0.2, 0.25) is 0 Å². The molecule has 0 saturated heterocycles. The van der Waals surface area contributed by atoms with Gasteiger partial charge in [0.1, 0.15) is 0 Å². The SMILES string of the molecule is CC1CCC(C(O)Cc2ccc(F)c(F)c2)CC1C. The van der Waals surface area contributed by atoms with Crippen molar-refractivity contribution in [2.75, 3.05) is 0 Å². The van der Waals surface area contributed by atoms with Gasteiger partial charge in [-0.3, -0.25) is 0 Å². The van der Waals surface area contributed by atoms with E-state index in [1.54, 1.807) is 6.07 Å². The van der Waals surface area contributed by atoms with Crippen LogP contribution < -0.4 is 0 Å². The molecule has 3 heteroatoms. The minimum Gasteiger partial charge on any atom is -0.392 e. The van der Waals surface area contributed by atoms with Crippen LogP contribution in [0.5, 0.6) is 0 Å². The summed E-state index contributed by atoms with van der Waals surface area (Å²) in [5.74, 6) is -0.0573. The monoisotopic (exact) mass is 268 g/mol. The van der Waals surface area contributed by atoms with Crippen molar-refractivity contribution >= 4 is 0 Å². The fourth-order valence-electron chi connectivity index (χ4n) is 3.01. The highest BCUT2D eigenvalue weighted by atomic mass is 19.2. The average Bonchev–Trinajstić information content (AvgIpc) is 2.37. The van der Waals surface area contributed by atoms with Crippen LogP contribution >= 0.6 is 0 Å². The van der Waals surface area contributed by atoms with E-state index < -0.39 is 17.7 Å². The summed E-state index contributed by atoms with van der Waals surface area (Å²) >= 11 is 0. The highest BCUT2D eigenvalue weighted by molar-refractivity contribution is 5.18. The molecule has 1 aromatic carbocycles. The molecular formula is C16H22F2O. The standard InChI is InChI=1S/C16H22F2O/c1-10-3-5-13(7-11(10)2)16(19)9-12-4-6-14(17)15(18)8-12/h4,6,8,10-11,13,16,19H,3,5,7,9H2,1-2H3. The largest absolute Gasteiger partial charge is 0.392 e. The van der Waals surface area contributed by atoms with Gasteiger partial charge < -0.3 is 5.11 Å². The van der Waals surface area contributed by atoms with Crippen LogP contribution in [0.25, 0.3) is 0 Å². The van der Waals surface area contributed by atoms with Crippen LogP contribution in [0.2, 0.25) is 0 Å². The second-order valence-corrected chi connectivity index (χ2v) is 6.05. The number of halogens is 2. The van der Waals surface area contributed by atoms with Crippen LogP contribution in [0.1, 0.15) is 38.7 Å². The topological polar surface area (TPSA) is 20.2 Å². The van der Waals surface area contributed by atoms with Crippen molar-refractivity contribution in [1.29, 1.82) is 0 Å². The van der Waals surface area contributed by atoms with E-state index in [2.05, 4.69) is 13.8 Å². The molecule has 1 aliphatic rings. The van der Waals surface area contributed by atoms with E-state index in [1.165, 1.54) is 6.07 Å². The van der Waals surface area contributed by atoms with Gasteiger partial charge in [-0.15, -0.1) is 0 Å². The molecule has 0 amide bonds. The van der Waals surface area contributed by atoms with E-state index in [9.17, 15) is 13.9 Å². The molecule has 0 aliphatic heterocycles. The third kappa shape index (κ3) is 3.53. The Morgan fingerprint density at radius 2 is 1.89 bits per heavy atom. The molecule has 1 saturated carbocycles. The molecule has 1 nitrogen and oxygen atoms in total. The summed E-state index contributed by atoms with van der Waals surface area (Å²) in [5, 5.41) is 10.3. The normalized spacial score (nSPS) is 29.2. The summed E-state index contributed by atoms with van der Waals surface area (Å²) in [5.41, 5.74) is 0.665. The van der Waals surface area contributed by atoms with Crippen molar-refractivity contribution in [2.45, 2.75) is 45.6 Å². The van der Waals surface area contributed by atoms with E-state index in [1.807, 2.05) is 0 Å². The van der Waals surface area contributed by atoms with E-state index in [0.717, 1.165) is 25.3 Å². The summed E-state index contributed by atoms with van der Waals surface area (Å²) < 4.78 is 26.0. The molecule has 1 N–H and O–H groups in total. The molecule has 0 aromatic heterocycles. The molecule has 19 heavy (non-hydrogen) atoms. The summed E-state index contributed by atoms with van der Waals surface area (Å²) in [4.78, 5) is 0. The predicted octanol–water partition coefficient (Wildman–Crippen LogP) is 3.94. The first kappa shape index (κ1) is 14.4. The van der Waals surface area contributed by atoms with E-state index in [0.29, 0.717) is 23.8 Å². The van der Waals surface area contributed by atoms with Gasteiger partial charge in [0.25, 0.3) is 0 Å². The maximum Gasteiger partial charge on any atom is 0.159 e. The highest BCUT2D eigenvalue weighted by Gasteiger charge is 2.29. The van der Waals surface area contributed by atoms with Crippen LogP contribution in [0.4, 0.5) is 8.78 Å². The molecule has 1 aromatic rings. The fourth-order valence-corrected chi connectivity index (χ4v) is 3.01. The smallest absolute Gasteiger partial charge is 0.159 e. The van der Waals surface area contributed by atoms with E-state index in [4.69, 9.17) is 0 Å². The fraction of sp³-hybridized carbons (Fsp3) is 0.625. The molecule has 4 unspecified atom stereocenters. The van der Waals surface area contributed by atoms with Gasteiger partial charge in [-0.05, 0) is 54.7 Å². The Labute approximate surface area is 113 Å². The first-order valence-corrected chi connectivity index (χ1v) is 7.09. The average molecular weight is 268 g/mol. The molecule has 106 valence electrons. The second-order valence-electron chi connectivity index (χ2n) is 6.05. The second kappa shape index (κ2) is 6.00. The number of aliphatic hydroxyl groups excluding tert-OH is 1. The zero-order valence-electron chi connectivity index (χ0n) is 11.6. The first-order chi connectivity index (χ1) is 8.97. The Bertz CT molecular complexity index is 433. The van der Waals surface area contributed by atoms with Crippen molar-refractivity contribution in [3.05, 3.63) is 35.4 Å².